The Morgan fingerprint density at radius 2 is 1.80 bits per heavy atom. The van der Waals surface area contributed by atoms with Gasteiger partial charge in [-0.1, -0.05) is 25.9 Å². The number of esters is 1. The smallest absolute Gasteiger partial charge is 0.410 e. The topological polar surface area (TPSA) is 190 Å². The first-order valence-electron chi connectivity index (χ1n) is 19.2. The van der Waals surface area contributed by atoms with Crippen LogP contribution in [0.5, 0.6) is 0 Å². The molecule has 0 aromatic carbocycles. The normalized spacial score (nSPS) is 38.6. The van der Waals surface area contributed by atoms with Crippen LogP contribution in [0.3, 0.4) is 0 Å². The average Bonchev–Trinajstić information content (AvgIpc) is 3.38. The molecule has 3 heterocycles. The number of hydrogen-bond donors (Lipinski definition) is 0. The lowest BCUT2D eigenvalue weighted by Gasteiger charge is -2.47. The fraction of sp³-hybridized carbons (Fsp3) is 0.892. The molecule has 0 radical (unpaired) electrons. The van der Waals surface area contributed by atoms with Crippen LogP contribution in [0.1, 0.15) is 94.4 Å². The lowest BCUT2D eigenvalue weighted by atomic mass is 9.78. The van der Waals surface area contributed by atoms with Gasteiger partial charge in [-0.25, -0.2) is 4.79 Å². The molecule has 3 aliphatic heterocycles. The van der Waals surface area contributed by atoms with Crippen molar-refractivity contribution in [1.29, 1.82) is 0 Å². The predicted octanol–water partition coefficient (Wildman–Crippen LogP) is 5.61. The van der Waals surface area contributed by atoms with Gasteiger partial charge in [-0.2, -0.15) is 0 Å². The van der Waals surface area contributed by atoms with E-state index < -0.39 is 77.1 Å². The van der Waals surface area contributed by atoms with E-state index in [-0.39, 0.29) is 58.5 Å². The molecule has 0 spiro atoms. The molecule has 16 nitrogen and oxygen atoms in total. The van der Waals surface area contributed by atoms with E-state index in [0.717, 1.165) is 0 Å². The van der Waals surface area contributed by atoms with Crippen LogP contribution < -0.4 is 0 Å². The maximum atomic E-state index is 14.4. The van der Waals surface area contributed by atoms with E-state index in [1.165, 1.54) is 21.0 Å². The standard InChI is InChI=1S/C37H63N6O10P/c1-13-28-37(9)31(42(35(47)53-37)17-15-14-16-39-40-38)25(6)43(26(7)44)20-21(2)19-36(8,49-12)32(23(4)29(45)24(5)33(46)51-28)52-34-30(54-48)27(41(10)11)18-22(3)50-34/h21-25,27-28,30-32,34H,13-20H2,1-12H3/t21-,22?,23+,24-,25-,27?,28-,30?,31-,32-,34+,36-,37-/m1/s1. The third-order valence-electron chi connectivity index (χ3n) is 11.7. The van der Waals surface area contributed by atoms with E-state index in [4.69, 9.17) is 29.2 Å². The van der Waals surface area contributed by atoms with E-state index in [9.17, 15) is 23.7 Å². The third kappa shape index (κ3) is 9.92. The van der Waals surface area contributed by atoms with E-state index in [0.29, 0.717) is 25.7 Å². The molecule has 0 aromatic rings. The van der Waals surface area contributed by atoms with Crippen molar-refractivity contribution >= 4 is 32.2 Å². The van der Waals surface area contributed by atoms with E-state index in [2.05, 4.69) is 10.0 Å². The van der Waals surface area contributed by atoms with Gasteiger partial charge in [0.05, 0.1) is 29.9 Å². The number of methoxy groups -OCH3 is 1. The van der Waals surface area contributed by atoms with Gasteiger partial charge in [0.15, 0.2) is 26.1 Å². The van der Waals surface area contributed by atoms with Crippen molar-refractivity contribution in [2.75, 3.05) is 40.8 Å². The van der Waals surface area contributed by atoms with Crippen molar-refractivity contribution in [3.63, 3.8) is 0 Å². The number of rotatable bonds is 11. The SMILES string of the molecule is CC[C@H]1OC(=O)[C@H](C)C(=O)[C@H](C)[C@@H](O[C@@H]2OC(C)CC(N(C)C)C2P=O)[C@](C)(OC)C[C@@H](C)CN(C(C)=O)[C@H](C)[C@H]2N(CCCCN=[N+]=[N-])C(=O)O[C@]12C. The minimum Gasteiger partial charge on any atom is -0.458 e. The molecular weight excluding hydrogens is 719 g/mol. The largest absolute Gasteiger partial charge is 0.458 e. The van der Waals surface area contributed by atoms with Crippen molar-refractivity contribution in [2.24, 2.45) is 22.9 Å². The third-order valence-corrected chi connectivity index (χ3v) is 12.6. The van der Waals surface area contributed by atoms with Crippen LogP contribution in [-0.2, 0) is 42.6 Å². The van der Waals surface area contributed by atoms with E-state index in [1.54, 1.807) is 30.6 Å². The number of hydrogen-bond acceptors (Lipinski definition) is 12. The number of unbranched alkanes of at least 4 members (excludes halogenated alkanes) is 1. The summed E-state index contributed by atoms with van der Waals surface area (Å²) in [6.45, 7) is 16.5. The lowest BCUT2D eigenvalue weighted by Crippen LogP contribution is -2.62. The van der Waals surface area contributed by atoms with Crippen molar-refractivity contribution in [3.8, 4) is 0 Å². The van der Waals surface area contributed by atoms with Gasteiger partial charge in [-0.3, -0.25) is 23.8 Å². The Bertz CT molecular complexity index is 1400. The molecule has 3 rings (SSSR count). The molecular formula is C37H63N6O10P. The number of fused-ring (bicyclic) bond motifs is 1. The quantitative estimate of drug-likeness (QED) is 0.0482. The van der Waals surface area contributed by atoms with Gasteiger partial charge < -0.3 is 33.5 Å². The van der Waals surface area contributed by atoms with Gasteiger partial charge in [0.1, 0.15) is 17.7 Å². The molecule has 3 aliphatic rings. The molecule has 0 N–H and O–H groups in total. The maximum absolute atomic E-state index is 14.4. The number of ketones is 1. The van der Waals surface area contributed by atoms with Crippen molar-refractivity contribution in [1.82, 2.24) is 14.7 Å². The minimum absolute atomic E-state index is 0.134. The summed E-state index contributed by atoms with van der Waals surface area (Å²) in [6.07, 6.45) is -1.50. The number of Topliss-reactive ketones (excluding diaryl/α,β-unsaturated/α-hetero) is 1. The second kappa shape index (κ2) is 19.3. The number of azide groups is 1. The molecule has 306 valence electrons. The summed E-state index contributed by atoms with van der Waals surface area (Å²) < 4.78 is 44.2. The predicted molar refractivity (Wildman–Crippen MR) is 201 cm³/mol. The summed E-state index contributed by atoms with van der Waals surface area (Å²) in [5, 5.41) is 3.60. The highest BCUT2D eigenvalue weighted by Gasteiger charge is 2.60. The molecule has 0 bridgehead atoms. The number of ether oxygens (including phenoxy) is 5. The Morgan fingerprint density at radius 3 is 2.35 bits per heavy atom. The Hall–Kier alpha value is -2.87. The van der Waals surface area contributed by atoms with E-state index >= 15 is 0 Å². The van der Waals surface area contributed by atoms with Crippen LogP contribution >= 0.6 is 8.46 Å². The highest BCUT2D eigenvalue weighted by molar-refractivity contribution is 7.25. The van der Waals surface area contributed by atoms with Gasteiger partial charge in [-0.05, 0) is 92.3 Å². The molecule has 17 heteroatoms. The summed E-state index contributed by atoms with van der Waals surface area (Å²) in [7, 11) is 5.18. The molecule has 54 heavy (non-hydrogen) atoms. The Balaban J connectivity index is 2.15. The maximum Gasteiger partial charge on any atom is 0.410 e. The molecule has 13 atom stereocenters. The van der Waals surface area contributed by atoms with Crippen LogP contribution in [0.25, 0.3) is 10.4 Å². The number of cyclic esters (lactones) is 1. The van der Waals surface area contributed by atoms with Crippen molar-refractivity contribution < 1.29 is 47.4 Å². The summed E-state index contributed by atoms with van der Waals surface area (Å²) in [6, 6.07) is -1.48. The average molecular weight is 783 g/mol. The van der Waals surface area contributed by atoms with Crippen LogP contribution in [0.4, 0.5) is 4.79 Å². The molecule has 3 saturated heterocycles. The van der Waals surface area contributed by atoms with Crippen LogP contribution in [-0.4, -0.2) is 139 Å². The molecule has 3 fully saturated rings. The Kier molecular flexibility index (Phi) is 16.3. The zero-order valence-electron chi connectivity index (χ0n) is 34.2. The van der Waals surface area contributed by atoms with Crippen molar-refractivity contribution in [3.05, 3.63) is 10.4 Å². The van der Waals surface area contributed by atoms with E-state index in [1.807, 2.05) is 46.7 Å². The summed E-state index contributed by atoms with van der Waals surface area (Å²) >= 11 is 0. The number of amides is 2. The first-order chi connectivity index (χ1) is 25.3. The highest BCUT2D eigenvalue weighted by atomic mass is 31.1. The first-order valence-corrected chi connectivity index (χ1v) is 20.1. The van der Waals surface area contributed by atoms with Crippen LogP contribution in [0, 0.1) is 17.8 Å². The fourth-order valence-corrected chi connectivity index (χ4v) is 9.61. The zero-order valence-corrected chi connectivity index (χ0v) is 35.1. The monoisotopic (exact) mass is 782 g/mol. The molecule has 0 aliphatic carbocycles. The van der Waals surface area contributed by atoms with Gasteiger partial charge in [0.25, 0.3) is 0 Å². The van der Waals surface area contributed by atoms with Crippen LogP contribution in [0.2, 0.25) is 0 Å². The summed E-state index contributed by atoms with van der Waals surface area (Å²) in [5.74, 6) is -3.84. The number of nitrogens with zero attached hydrogens (tertiary/aromatic N) is 6. The molecule has 0 saturated carbocycles. The molecule has 2 amide bonds. The number of carbonyl (C=O) groups excluding carboxylic acids is 4. The fourth-order valence-electron chi connectivity index (χ4n) is 8.84. The first kappa shape index (κ1) is 45.5. The van der Waals surface area contributed by atoms with Crippen LogP contribution in [0.15, 0.2) is 5.11 Å². The second-order valence-corrected chi connectivity index (χ2v) is 16.9. The minimum atomic E-state index is -1.39. The van der Waals surface area contributed by atoms with Gasteiger partial charge in [0, 0.05) is 50.5 Å². The van der Waals surface area contributed by atoms with Gasteiger partial charge in [-0.15, -0.1) is 0 Å². The second-order valence-electron chi connectivity index (χ2n) is 16.1. The highest BCUT2D eigenvalue weighted by Crippen LogP contribution is 2.42. The Labute approximate surface area is 322 Å². The summed E-state index contributed by atoms with van der Waals surface area (Å²) in [5.41, 5.74) is 5.59. The number of carbonyl (C=O) groups is 4. The molecule has 0 aromatic heterocycles. The van der Waals surface area contributed by atoms with Crippen molar-refractivity contribution in [2.45, 2.75) is 154 Å². The van der Waals surface area contributed by atoms with Gasteiger partial charge >= 0.3 is 12.1 Å². The zero-order chi connectivity index (χ0) is 40.7. The lowest BCUT2D eigenvalue weighted by molar-refractivity contribution is -0.260. The summed E-state index contributed by atoms with van der Waals surface area (Å²) in [4.78, 5) is 63.7. The van der Waals surface area contributed by atoms with Gasteiger partial charge in [0.2, 0.25) is 5.91 Å². The molecule has 3 unspecified atom stereocenters. The Morgan fingerprint density at radius 1 is 1.13 bits per heavy atom.